The van der Waals surface area contributed by atoms with Crippen molar-refractivity contribution >= 4 is 5.91 Å². The molecule has 0 spiro atoms. The first-order valence-corrected chi connectivity index (χ1v) is 5.71. The SMILES string of the molecule is CCCOCCCNC(=O)c1ccncc1F. The molecule has 0 radical (unpaired) electrons. The van der Waals surface area contributed by atoms with Gasteiger partial charge in [0.2, 0.25) is 0 Å². The molecule has 94 valence electrons. The minimum atomic E-state index is -0.604. The van der Waals surface area contributed by atoms with E-state index in [1.54, 1.807) is 0 Å². The van der Waals surface area contributed by atoms with Gasteiger partial charge in [0, 0.05) is 26.0 Å². The molecule has 1 N–H and O–H groups in total. The van der Waals surface area contributed by atoms with Crippen LogP contribution in [0.15, 0.2) is 18.5 Å². The van der Waals surface area contributed by atoms with Gasteiger partial charge in [0.15, 0.2) is 5.82 Å². The molecule has 0 fully saturated rings. The Morgan fingerprint density at radius 2 is 2.35 bits per heavy atom. The van der Waals surface area contributed by atoms with Crippen LogP contribution in [0.1, 0.15) is 30.1 Å². The van der Waals surface area contributed by atoms with E-state index in [0.717, 1.165) is 25.6 Å². The van der Waals surface area contributed by atoms with Crippen molar-refractivity contribution in [3.63, 3.8) is 0 Å². The highest BCUT2D eigenvalue weighted by Crippen LogP contribution is 2.03. The van der Waals surface area contributed by atoms with Crippen LogP contribution in [0.2, 0.25) is 0 Å². The van der Waals surface area contributed by atoms with Crippen molar-refractivity contribution in [3.8, 4) is 0 Å². The van der Waals surface area contributed by atoms with Crippen molar-refractivity contribution in [2.45, 2.75) is 19.8 Å². The number of carbonyl (C=O) groups is 1. The summed E-state index contributed by atoms with van der Waals surface area (Å²) >= 11 is 0. The number of ether oxygens (including phenoxy) is 1. The monoisotopic (exact) mass is 240 g/mol. The highest BCUT2D eigenvalue weighted by atomic mass is 19.1. The summed E-state index contributed by atoms with van der Waals surface area (Å²) in [4.78, 5) is 15.1. The molecule has 1 heterocycles. The topological polar surface area (TPSA) is 51.2 Å². The van der Waals surface area contributed by atoms with Crippen molar-refractivity contribution in [2.24, 2.45) is 0 Å². The van der Waals surface area contributed by atoms with Gasteiger partial charge in [0.05, 0.1) is 11.8 Å². The van der Waals surface area contributed by atoms with Crippen LogP contribution >= 0.6 is 0 Å². The lowest BCUT2D eigenvalue weighted by atomic mass is 10.2. The summed E-state index contributed by atoms with van der Waals surface area (Å²) in [5.74, 6) is -1.02. The van der Waals surface area contributed by atoms with Crippen LogP contribution in [0.4, 0.5) is 4.39 Å². The maximum atomic E-state index is 13.2. The molecule has 0 saturated heterocycles. The lowest BCUT2D eigenvalue weighted by Crippen LogP contribution is -2.26. The van der Waals surface area contributed by atoms with E-state index in [4.69, 9.17) is 4.74 Å². The van der Waals surface area contributed by atoms with Gasteiger partial charge in [-0.1, -0.05) is 6.92 Å². The van der Waals surface area contributed by atoms with Crippen LogP contribution < -0.4 is 5.32 Å². The highest BCUT2D eigenvalue weighted by Gasteiger charge is 2.09. The number of nitrogens with zero attached hydrogens (tertiary/aromatic N) is 1. The second kappa shape index (κ2) is 7.73. The van der Waals surface area contributed by atoms with Crippen LogP contribution in [-0.2, 0) is 4.74 Å². The molecule has 0 aliphatic heterocycles. The van der Waals surface area contributed by atoms with Crippen molar-refractivity contribution in [1.82, 2.24) is 10.3 Å². The number of aromatic nitrogens is 1. The molecule has 4 nitrogen and oxygen atoms in total. The molecule has 1 aromatic heterocycles. The summed E-state index contributed by atoms with van der Waals surface area (Å²) in [5, 5.41) is 2.63. The number of pyridine rings is 1. The van der Waals surface area contributed by atoms with E-state index in [-0.39, 0.29) is 5.56 Å². The standard InChI is InChI=1S/C12H17FN2O2/c1-2-7-17-8-3-5-15-12(16)10-4-6-14-9-11(10)13/h4,6,9H,2-3,5,7-8H2,1H3,(H,15,16). The van der Waals surface area contributed by atoms with Crippen molar-refractivity contribution in [3.05, 3.63) is 29.8 Å². The quantitative estimate of drug-likeness (QED) is 0.739. The van der Waals surface area contributed by atoms with Gasteiger partial charge < -0.3 is 10.1 Å². The molecule has 0 bridgehead atoms. The van der Waals surface area contributed by atoms with Gasteiger partial charge in [-0.15, -0.1) is 0 Å². The molecule has 0 saturated carbocycles. The van der Waals surface area contributed by atoms with Gasteiger partial charge >= 0.3 is 0 Å². The smallest absolute Gasteiger partial charge is 0.254 e. The third-order valence-corrected chi connectivity index (χ3v) is 2.12. The Hall–Kier alpha value is -1.49. The van der Waals surface area contributed by atoms with E-state index in [1.807, 2.05) is 6.92 Å². The normalized spacial score (nSPS) is 10.2. The van der Waals surface area contributed by atoms with E-state index in [2.05, 4.69) is 10.3 Å². The van der Waals surface area contributed by atoms with E-state index < -0.39 is 11.7 Å². The summed E-state index contributed by atoms with van der Waals surface area (Å²) < 4.78 is 18.4. The van der Waals surface area contributed by atoms with E-state index in [1.165, 1.54) is 12.3 Å². The first-order valence-electron chi connectivity index (χ1n) is 5.71. The average Bonchev–Trinajstić information content (AvgIpc) is 2.34. The Morgan fingerprint density at radius 3 is 3.06 bits per heavy atom. The lowest BCUT2D eigenvalue weighted by Gasteiger charge is -2.06. The molecular weight excluding hydrogens is 223 g/mol. The Balaban J connectivity index is 2.24. The van der Waals surface area contributed by atoms with Gasteiger partial charge in [-0.2, -0.15) is 0 Å². The Bertz CT molecular complexity index is 358. The zero-order chi connectivity index (χ0) is 12.5. The zero-order valence-electron chi connectivity index (χ0n) is 9.91. The number of amides is 1. The zero-order valence-corrected chi connectivity index (χ0v) is 9.91. The number of nitrogens with one attached hydrogen (secondary N) is 1. The van der Waals surface area contributed by atoms with Crippen LogP contribution in [0.5, 0.6) is 0 Å². The van der Waals surface area contributed by atoms with E-state index in [0.29, 0.717) is 13.2 Å². The van der Waals surface area contributed by atoms with Crippen LogP contribution in [0.25, 0.3) is 0 Å². The predicted octanol–water partition coefficient (Wildman–Crippen LogP) is 1.77. The molecular formula is C12H17FN2O2. The van der Waals surface area contributed by atoms with Crippen LogP contribution in [0.3, 0.4) is 0 Å². The molecule has 1 amide bonds. The Morgan fingerprint density at radius 1 is 1.53 bits per heavy atom. The molecule has 17 heavy (non-hydrogen) atoms. The fourth-order valence-electron chi connectivity index (χ4n) is 1.28. The van der Waals surface area contributed by atoms with Crippen molar-refractivity contribution in [2.75, 3.05) is 19.8 Å². The first-order chi connectivity index (χ1) is 8.25. The Kier molecular flexibility index (Phi) is 6.17. The number of halogens is 1. The third kappa shape index (κ3) is 4.91. The highest BCUT2D eigenvalue weighted by molar-refractivity contribution is 5.94. The minimum absolute atomic E-state index is 0.0227. The number of carbonyl (C=O) groups excluding carboxylic acids is 1. The predicted molar refractivity (Wildman–Crippen MR) is 62.3 cm³/mol. The molecule has 5 heteroatoms. The summed E-state index contributed by atoms with van der Waals surface area (Å²) in [5.41, 5.74) is 0.0227. The maximum absolute atomic E-state index is 13.2. The molecule has 0 unspecified atom stereocenters. The summed E-state index contributed by atoms with van der Waals surface area (Å²) in [7, 11) is 0. The lowest BCUT2D eigenvalue weighted by molar-refractivity contribution is 0.0937. The molecule has 0 atom stereocenters. The van der Waals surface area contributed by atoms with Gasteiger partial charge in [-0.05, 0) is 18.9 Å². The second-order valence-electron chi connectivity index (χ2n) is 3.58. The number of hydrogen-bond acceptors (Lipinski definition) is 3. The number of rotatable bonds is 7. The molecule has 1 aromatic rings. The van der Waals surface area contributed by atoms with Gasteiger partial charge in [-0.25, -0.2) is 4.39 Å². The van der Waals surface area contributed by atoms with Crippen molar-refractivity contribution < 1.29 is 13.9 Å². The Labute approximate surface area is 100 Å². The summed E-state index contributed by atoms with van der Waals surface area (Å²) in [6.45, 7) is 3.85. The molecule has 0 aromatic carbocycles. The van der Waals surface area contributed by atoms with Crippen LogP contribution in [0, 0.1) is 5.82 Å². The summed E-state index contributed by atoms with van der Waals surface area (Å²) in [6, 6.07) is 1.36. The van der Waals surface area contributed by atoms with Gasteiger partial charge in [0.1, 0.15) is 0 Å². The largest absolute Gasteiger partial charge is 0.381 e. The summed E-state index contributed by atoms with van der Waals surface area (Å²) in [6.07, 6.45) is 4.12. The van der Waals surface area contributed by atoms with Crippen molar-refractivity contribution in [1.29, 1.82) is 0 Å². The molecule has 1 rings (SSSR count). The van der Waals surface area contributed by atoms with Gasteiger partial charge in [0.25, 0.3) is 5.91 Å². The fourth-order valence-corrected chi connectivity index (χ4v) is 1.28. The number of hydrogen-bond donors (Lipinski definition) is 1. The minimum Gasteiger partial charge on any atom is -0.381 e. The first kappa shape index (κ1) is 13.6. The van der Waals surface area contributed by atoms with E-state index >= 15 is 0 Å². The van der Waals surface area contributed by atoms with E-state index in [9.17, 15) is 9.18 Å². The molecule has 0 aliphatic rings. The maximum Gasteiger partial charge on any atom is 0.254 e. The fraction of sp³-hybridized carbons (Fsp3) is 0.500. The van der Waals surface area contributed by atoms with Gasteiger partial charge in [-0.3, -0.25) is 9.78 Å². The molecule has 0 aliphatic carbocycles. The second-order valence-corrected chi connectivity index (χ2v) is 3.58. The third-order valence-electron chi connectivity index (χ3n) is 2.12. The van der Waals surface area contributed by atoms with Crippen LogP contribution in [-0.4, -0.2) is 30.6 Å². The average molecular weight is 240 g/mol.